The summed E-state index contributed by atoms with van der Waals surface area (Å²) in [7, 11) is 4.89. The third-order valence-corrected chi connectivity index (χ3v) is 5.91. The Balaban J connectivity index is 1.56. The number of aromatic nitrogens is 4. The molecule has 2 aromatic heterocycles. The molecule has 0 aliphatic heterocycles. The third kappa shape index (κ3) is 3.54. The average Bonchev–Trinajstić information content (AvgIpc) is 3.25. The molecule has 5 rings (SSSR count). The monoisotopic (exact) mass is 435 g/mol. The number of aliphatic hydroxyl groups excluding tert-OH is 1. The highest BCUT2D eigenvalue weighted by molar-refractivity contribution is 5.93. The summed E-state index contributed by atoms with van der Waals surface area (Å²) in [5, 5.41) is 18.7. The molecule has 9 heteroatoms. The smallest absolute Gasteiger partial charge is 0.226 e. The predicted octanol–water partition coefficient (Wildman–Crippen LogP) is 3.15. The minimum atomic E-state index is -0.272. The van der Waals surface area contributed by atoms with Gasteiger partial charge in [-0.25, -0.2) is 9.97 Å². The Morgan fingerprint density at radius 1 is 1.00 bits per heavy atom. The fraction of sp³-hybridized carbons (Fsp3) is 0.348. The van der Waals surface area contributed by atoms with Crippen molar-refractivity contribution in [2.24, 2.45) is 0 Å². The number of methoxy groups -OCH3 is 3. The van der Waals surface area contributed by atoms with E-state index in [4.69, 9.17) is 29.3 Å². The highest BCUT2D eigenvalue weighted by Crippen LogP contribution is 2.36. The van der Waals surface area contributed by atoms with Crippen molar-refractivity contribution in [1.29, 1.82) is 0 Å². The highest BCUT2D eigenvalue weighted by atomic mass is 16.5. The van der Waals surface area contributed by atoms with Crippen molar-refractivity contribution in [1.82, 2.24) is 19.6 Å². The van der Waals surface area contributed by atoms with Crippen LogP contribution in [0.1, 0.15) is 30.1 Å². The first-order valence-electron chi connectivity index (χ1n) is 10.5. The lowest BCUT2D eigenvalue weighted by Crippen LogP contribution is -2.27. The van der Waals surface area contributed by atoms with E-state index in [1.807, 2.05) is 36.4 Å². The Bertz CT molecular complexity index is 1280. The summed E-state index contributed by atoms with van der Waals surface area (Å²) < 4.78 is 17.9. The summed E-state index contributed by atoms with van der Waals surface area (Å²) in [6, 6.07) is 11.4. The molecule has 0 atom stereocenters. The van der Waals surface area contributed by atoms with Crippen LogP contribution in [0, 0.1) is 0 Å². The van der Waals surface area contributed by atoms with Crippen molar-refractivity contribution in [3.63, 3.8) is 0 Å². The topological polar surface area (TPSA) is 103 Å². The second kappa shape index (κ2) is 8.16. The van der Waals surface area contributed by atoms with Gasteiger partial charge in [0.25, 0.3) is 0 Å². The highest BCUT2D eigenvalue weighted by Gasteiger charge is 2.32. The van der Waals surface area contributed by atoms with Crippen LogP contribution in [0.5, 0.6) is 17.2 Å². The Morgan fingerprint density at radius 3 is 2.47 bits per heavy atom. The van der Waals surface area contributed by atoms with Crippen LogP contribution >= 0.6 is 0 Å². The maximum absolute atomic E-state index is 9.71. The molecule has 0 bridgehead atoms. The Morgan fingerprint density at radius 2 is 1.75 bits per heavy atom. The molecule has 0 amide bonds. The number of fused-ring (bicyclic) bond motifs is 3. The van der Waals surface area contributed by atoms with Crippen LogP contribution in [-0.4, -0.2) is 52.1 Å². The summed E-state index contributed by atoms with van der Waals surface area (Å²) in [5.41, 5.74) is 2.43. The third-order valence-electron chi connectivity index (χ3n) is 5.91. The van der Waals surface area contributed by atoms with Gasteiger partial charge in [-0.1, -0.05) is 0 Å². The molecule has 9 nitrogen and oxygen atoms in total. The fourth-order valence-electron chi connectivity index (χ4n) is 3.99. The van der Waals surface area contributed by atoms with E-state index in [1.54, 1.807) is 25.8 Å². The minimum Gasteiger partial charge on any atom is -0.497 e. The van der Waals surface area contributed by atoms with Gasteiger partial charge in [0.05, 0.1) is 33.0 Å². The number of ether oxygens (including phenoxy) is 3. The lowest BCUT2D eigenvalue weighted by Gasteiger charge is -2.28. The van der Waals surface area contributed by atoms with E-state index < -0.39 is 0 Å². The maximum Gasteiger partial charge on any atom is 0.226 e. The van der Waals surface area contributed by atoms with Crippen molar-refractivity contribution in [3.8, 4) is 17.2 Å². The van der Waals surface area contributed by atoms with E-state index in [-0.39, 0.29) is 12.0 Å². The molecule has 1 saturated carbocycles. The largest absolute Gasteiger partial charge is 0.497 e. The number of nitrogens with zero attached hydrogens (tertiary/aromatic N) is 4. The Labute approximate surface area is 185 Å². The zero-order valence-corrected chi connectivity index (χ0v) is 18.2. The van der Waals surface area contributed by atoms with Gasteiger partial charge in [-0.3, -0.25) is 0 Å². The van der Waals surface area contributed by atoms with Crippen LogP contribution in [0.25, 0.3) is 16.6 Å². The van der Waals surface area contributed by atoms with Crippen LogP contribution in [0.4, 0.5) is 5.95 Å². The van der Waals surface area contributed by atoms with E-state index >= 15 is 0 Å². The van der Waals surface area contributed by atoms with Crippen LogP contribution in [0.2, 0.25) is 0 Å². The molecule has 4 aromatic rings. The molecule has 2 N–H and O–H groups in total. The van der Waals surface area contributed by atoms with Crippen molar-refractivity contribution >= 4 is 22.5 Å². The second-order valence-electron chi connectivity index (χ2n) is 7.88. The van der Waals surface area contributed by atoms with Gasteiger partial charge in [-0.05, 0) is 37.1 Å². The van der Waals surface area contributed by atoms with Crippen molar-refractivity contribution in [2.45, 2.75) is 31.4 Å². The van der Waals surface area contributed by atoms with E-state index in [0.29, 0.717) is 25.3 Å². The van der Waals surface area contributed by atoms with E-state index in [2.05, 4.69) is 5.32 Å². The van der Waals surface area contributed by atoms with E-state index in [1.165, 1.54) is 0 Å². The first kappa shape index (κ1) is 20.3. The standard InChI is InChI=1S/C23H25N5O4/c1-30-16-6-7-18-19(10-16)25-23(24-12-13-4-5-17(31-2)11-20(13)32-3)28-22(18)26-21(27-28)14-8-15(29)9-14/h4-7,10-11,14-15,29H,8-9,12H2,1-3H3,(H,24,25). The number of nitrogens with one attached hydrogen (secondary N) is 1. The van der Waals surface area contributed by atoms with Gasteiger partial charge >= 0.3 is 0 Å². The molecule has 1 aliphatic rings. The summed E-state index contributed by atoms with van der Waals surface area (Å²) in [6.07, 6.45) is 1.09. The first-order valence-corrected chi connectivity index (χ1v) is 10.5. The molecule has 1 fully saturated rings. The molecular weight excluding hydrogens is 410 g/mol. The normalized spacial score (nSPS) is 17.9. The minimum absolute atomic E-state index is 0.160. The summed E-state index contributed by atoms with van der Waals surface area (Å²) in [4.78, 5) is 9.61. The van der Waals surface area contributed by atoms with Gasteiger partial charge in [0.1, 0.15) is 17.2 Å². The van der Waals surface area contributed by atoms with Gasteiger partial charge in [0, 0.05) is 35.5 Å². The number of hydrogen-bond acceptors (Lipinski definition) is 8. The van der Waals surface area contributed by atoms with Gasteiger partial charge in [0.15, 0.2) is 11.5 Å². The van der Waals surface area contributed by atoms with Crippen LogP contribution in [0.3, 0.4) is 0 Å². The zero-order valence-electron chi connectivity index (χ0n) is 18.2. The van der Waals surface area contributed by atoms with Crippen molar-refractivity contribution < 1.29 is 19.3 Å². The number of anilines is 1. The Hall–Kier alpha value is -3.59. The summed E-state index contributed by atoms with van der Waals surface area (Å²) in [5.74, 6) is 3.63. The van der Waals surface area contributed by atoms with Gasteiger partial charge in [-0.15, -0.1) is 5.10 Å². The van der Waals surface area contributed by atoms with Gasteiger partial charge in [0.2, 0.25) is 5.95 Å². The summed E-state index contributed by atoms with van der Waals surface area (Å²) in [6.45, 7) is 0.474. The van der Waals surface area contributed by atoms with Crippen LogP contribution < -0.4 is 19.5 Å². The van der Waals surface area contributed by atoms with Gasteiger partial charge < -0.3 is 24.6 Å². The second-order valence-corrected chi connectivity index (χ2v) is 7.88. The lowest BCUT2D eigenvalue weighted by atomic mass is 9.82. The van der Waals surface area contributed by atoms with Crippen molar-refractivity contribution in [2.75, 3.05) is 26.6 Å². The van der Waals surface area contributed by atoms with Crippen LogP contribution in [0.15, 0.2) is 36.4 Å². The molecule has 32 heavy (non-hydrogen) atoms. The van der Waals surface area contributed by atoms with E-state index in [0.717, 1.165) is 45.2 Å². The number of aliphatic hydroxyl groups is 1. The Kier molecular flexibility index (Phi) is 5.18. The number of benzene rings is 2. The molecule has 0 unspecified atom stereocenters. The molecular formula is C23H25N5O4. The number of rotatable bonds is 7. The molecule has 2 aromatic carbocycles. The molecule has 166 valence electrons. The predicted molar refractivity (Wildman–Crippen MR) is 120 cm³/mol. The molecule has 0 spiro atoms. The van der Waals surface area contributed by atoms with Crippen LogP contribution in [-0.2, 0) is 6.54 Å². The quantitative estimate of drug-likeness (QED) is 0.456. The average molecular weight is 435 g/mol. The summed E-state index contributed by atoms with van der Waals surface area (Å²) >= 11 is 0. The number of hydrogen-bond donors (Lipinski definition) is 2. The first-order chi connectivity index (χ1) is 15.6. The molecule has 0 radical (unpaired) electrons. The molecule has 2 heterocycles. The maximum atomic E-state index is 9.71. The molecule has 1 aliphatic carbocycles. The van der Waals surface area contributed by atoms with Gasteiger partial charge in [-0.2, -0.15) is 4.52 Å². The molecule has 0 saturated heterocycles. The fourth-order valence-corrected chi connectivity index (χ4v) is 3.99. The van der Waals surface area contributed by atoms with E-state index in [9.17, 15) is 5.11 Å². The lowest BCUT2D eigenvalue weighted by molar-refractivity contribution is 0.0717. The SMILES string of the molecule is COc1ccc(CNc2nc3cc(OC)ccc3c3nc(C4CC(O)C4)nn23)c(OC)c1. The zero-order chi connectivity index (χ0) is 22.2. The van der Waals surface area contributed by atoms with Crippen molar-refractivity contribution in [3.05, 3.63) is 47.8 Å².